The molecule has 1 atom stereocenters. The first-order valence-corrected chi connectivity index (χ1v) is 6.54. The van der Waals surface area contributed by atoms with Crippen LogP contribution in [0.5, 0.6) is 5.88 Å². The number of esters is 1. The molecule has 0 aliphatic heterocycles. The highest BCUT2D eigenvalue weighted by Crippen LogP contribution is 2.18. The summed E-state index contributed by atoms with van der Waals surface area (Å²) in [5, 5.41) is 6.84. The average Bonchev–Trinajstić information content (AvgIpc) is 2.82. The zero-order chi connectivity index (χ0) is 14.3. The van der Waals surface area contributed by atoms with Crippen molar-refractivity contribution in [2.75, 3.05) is 33.9 Å². The molecule has 0 fully saturated rings. The lowest BCUT2D eigenvalue weighted by molar-refractivity contribution is -0.144. The smallest absolute Gasteiger partial charge is 0.314 e. The molecule has 0 radical (unpaired) electrons. The Kier molecular flexibility index (Phi) is 6.35. The van der Waals surface area contributed by atoms with E-state index in [4.69, 9.17) is 9.47 Å². The Labute approximate surface area is 114 Å². The molecule has 1 heterocycles. The second-order valence-electron chi connectivity index (χ2n) is 4.64. The van der Waals surface area contributed by atoms with Gasteiger partial charge in [0.2, 0.25) is 5.88 Å². The minimum atomic E-state index is -0.355. The number of aromatic amines is 1. The third-order valence-electron chi connectivity index (χ3n) is 2.68. The lowest BCUT2D eigenvalue weighted by Crippen LogP contribution is -2.15. The van der Waals surface area contributed by atoms with Gasteiger partial charge in [-0.2, -0.15) is 0 Å². The van der Waals surface area contributed by atoms with Crippen molar-refractivity contribution in [3.8, 4) is 5.88 Å². The summed E-state index contributed by atoms with van der Waals surface area (Å²) in [5.74, 6) is -0.0956. The monoisotopic (exact) mass is 269 g/mol. The standard InChI is InChI=1S/C13H23N3O3/c1-5-18-13(17)10(2)11-9-12(15-14-11)19-8-6-7-16(3)4/h9-10H,5-8H2,1-4H3,(H,14,15). The van der Waals surface area contributed by atoms with E-state index < -0.39 is 0 Å². The maximum atomic E-state index is 11.6. The van der Waals surface area contributed by atoms with E-state index >= 15 is 0 Å². The SMILES string of the molecule is CCOC(=O)C(C)c1cc(OCCCN(C)C)n[nH]1. The minimum Gasteiger partial charge on any atom is -0.477 e. The second kappa shape index (κ2) is 7.78. The molecule has 1 aromatic rings. The Morgan fingerprint density at radius 3 is 2.89 bits per heavy atom. The summed E-state index contributed by atoms with van der Waals surface area (Å²) < 4.78 is 10.5. The van der Waals surface area contributed by atoms with Gasteiger partial charge in [0.1, 0.15) is 0 Å². The topological polar surface area (TPSA) is 67.5 Å². The number of ether oxygens (including phenoxy) is 2. The number of nitrogens with one attached hydrogen (secondary N) is 1. The van der Waals surface area contributed by atoms with Gasteiger partial charge in [-0.05, 0) is 34.4 Å². The van der Waals surface area contributed by atoms with Crippen LogP contribution in [0, 0.1) is 0 Å². The number of nitrogens with zero attached hydrogens (tertiary/aromatic N) is 2. The fraction of sp³-hybridized carbons (Fsp3) is 0.692. The van der Waals surface area contributed by atoms with Crippen LogP contribution in [0.4, 0.5) is 0 Å². The van der Waals surface area contributed by atoms with Crippen LogP contribution in [0.2, 0.25) is 0 Å². The van der Waals surface area contributed by atoms with Gasteiger partial charge < -0.3 is 14.4 Å². The van der Waals surface area contributed by atoms with E-state index in [2.05, 4.69) is 15.1 Å². The van der Waals surface area contributed by atoms with E-state index in [1.54, 1.807) is 19.9 Å². The molecule has 6 nitrogen and oxygen atoms in total. The van der Waals surface area contributed by atoms with Crippen LogP contribution in [0.25, 0.3) is 0 Å². The number of H-pyrrole nitrogens is 1. The molecule has 1 N–H and O–H groups in total. The highest BCUT2D eigenvalue weighted by Gasteiger charge is 2.19. The number of aromatic nitrogens is 2. The van der Waals surface area contributed by atoms with Gasteiger partial charge in [0.25, 0.3) is 0 Å². The van der Waals surface area contributed by atoms with E-state index in [-0.39, 0.29) is 11.9 Å². The van der Waals surface area contributed by atoms with E-state index in [1.165, 1.54) is 0 Å². The molecule has 0 spiro atoms. The third kappa shape index (κ3) is 5.30. The molecule has 6 heteroatoms. The van der Waals surface area contributed by atoms with Gasteiger partial charge in [0.05, 0.1) is 24.8 Å². The number of carbonyl (C=O) groups excluding carboxylic acids is 1. The number of hydrogen-bond donors (Lipinski definition) is 1. The molecule has 1 rings (SSSR count). The van der Waals surface area contributed by atoms with Crippen LogP contribution >= 0.6 is 0 Å². The first kappa shape index (κ1) is 15.5. The van der Waals surface area contributed by atoms with Gasteiger partial charge in [-0.1, -0.05) is 0 Å². The number of rotatable bonds is 8. The van der Waals surface area contributed by atoms with Gasteiger partial charge >= 0.3 is 5.97 Å². The Balaban J connectivity index is 2.41. The maximum Gasteiger partial charge on any atom is 0.314 e. The van der Waals surface area contributed by atoms with Crippen molar-refractivity contribution in [1.29, 1.82) is 0 Å². The number of carbonyl (C=O) groups is 1. The lowest BCUT2D eigenvalue weighted by atomic mass is 10.1. The van der Waals surface area contributed by atoms with E-state index in [9.17, 15) is 4.79 Å². The van der Waals surface area contributed by atoms with Gasteiger partial charge in [-0.25, -0.2) is 0 Å². The Morgan fingerprint density at radius 1 is 1.53 bits per heavy atom. The van der Waals surface area contributed by atoms with Crippen LogP contribution in [-0.2, 0) is 9.53 Å². The Bertz CT molecular complexity index is 390. The highest BCUT2D eigenvalue weighted by atomic mass is 16.5. The molecule has 1 aromatic heterocycles. The van der Waals surface area contributed by atoms with Crippen LogP contribution in [0.15, 0.2) is 6.07 Å². The van der Waals surface area contributed by atoms with Crippen molar-refractivity contribution in [3.63, 3.8) is 0 Å². The molecular weight excluding hydrogens is 246 g/mol. The summed E-state index contributed by atoms with van der Waals surface area (Å²) in [5.41, 5.74) is 0.709. The summed E-state index contributed by atoms with van der Waals surface area (Å²) >= 11 is 0. The quantitative estimate of drug-likeness (QED) is 0.571. The minimum absolute atomic E-state index is 0.259. The summed E-state index contributed by atoms with van der Waals surface area (Å²) in [4.78, 5) is 13.7. The van der Waals surface area contributed by atoms with Crippen molar-refractivity contribution >= 4 is 5.97 Å². The summed E-state index contributed by atoms with van der Waals surface area (Å²) in [6.45, 7) is 5.52. The molecule has 0 saturated carbocycles. The fourth-order valence-corrected chi connectivity index (χ4v) is 1.56. The van der Waals surface area contributed by atoms with E-state index in [0.29, 0.717) is 24.8 Å². The molecule has 0 amide bonds. The first-order valence-electron chi connectivity index (χ1n) is 6.54. The normalized spacial score (nSPS) is 12.5. The van der Waals surface area contributed by atoms with Crippen LogP contribution in [0.3, 0.4) is 0 Å². The molecule has 108 valence electrons. The average molecular weight is 269 g/mol. The van der Waals surface area contributed by atoms with Gasteiger partial charge in [0.15, 0.2) is 0 Å². The summed E-state index contributed by atoms with van der Waals surface area (Å²) in [6, 6.07) is 1.75. The van der Waals surface area contributed by atoms with Crippen molar-refractivity contribution in [3.05, 3.63) is 11.8 Å². The van der Waals surface area contributed by atoms with Crippen LogP contribution < -0.4 is 4.74 Å². The van der Waals surface area contributed by atoms with Crippen LogP contribution in [0.1, 0.15) is 31.9 Å². The highest BCUT2D eigenvalue weighted by molar-refractivity contribution is 5.77. The Morgan fingerprint density at radius 2 is 2.26 bits per heavy atom. The van der Waals surface area contributed by atoms with E-state index in [0.717, 1.165) is 13.0 Å². The molecule has 0 aromatic carbocycles. The molecule has 19 heavy (non-hydrogen) atoms. The number of hydrogen-bond acceptors (Lipinski definition) is 5. The van der Waals surface area contributed by atoms with Crippen molar-refractivity contribution in [2.45, 2.75) is 26.2 Å². The zero-order valence-electron chi connectivity index (χ0n) is 12.1. The second-order valence-corrected chi connectivity index (χ2v) is 4.64. The fourth-order valence-electron chi connectivity index (χ4n) is 1.56. The zero-order valence-corrected chi connectivity index (χ0v) is 12.1. The Hall–Kier alpha value is -1.56. The van der Waals surface area contributed by atoms with Crippen molar-refractivity contribution < 1.29 is 14.3 Å². The summed E-state index contributed by atoms with van der Waals surface area (Å²) in [7, 11) is 4.04. The molecule has 0 saturated heterocycles. The van der Waals surface area contributed by atoms with Gasteiger partial charge in [-0.15, -0.1) is 5.10 Å². The largest absolute Gasteiger partial charge is 0.477 e. The predicted octanol–water partition coefficient (Wildman–Crippen LogP) is 1.41. The molecule has 0 bridgehead atoms. The molecule has 1 unspecified atom stereocenters. The molecule has 0 aliphatic carbocycles. The molecule has 0 aliphatic rings. The van der Waals surface area contributed by atoms with Crippen molar-refractivity contribution in [1.82, 2.24) is 15.1 Å². The predicted molar refractivity (Wildman–Crippen MR) is 72.3 cm³/mol. The summed E-state index contributed by atoms with van der Waals surface area (Å²) in [6.07, 6.45) is 0.933. The van der Waals surface area contributed by atoms with Crippen molar-refractivity contribution in [2.24, 2.45) is 0 Å². The molecular formula is C13H23N3O3. The first-order chi connectivity index (χ1) is 9.04. The maximum absolute atomic E-state index is 11.6. The van der Waals surface area contributed by atoms with Gasteiger partial charge in [0, 0.05) is 12.6 Å². The lowest BCUT2D eigenvalue weighted by Gasteiger charge is -2.08. The van der Waals surface area contributed by atoms with Crippen LogP contribution in [-0.4, -0.2) is 54.9 Å². The third-order valence-corrected chi connectivity index (χ3v) is 2.68. The van der Waals surface area contributed by atoms with E-state index in [1.807, 2.05) is 14.1 Å². The van der Waals surface area contributed by atoms with Gasteiger partial charge in [-0.3, -0.25) is 9.89 Å².